The van der Waals surface area contributed by atoms with Gasteiger partial charge in [-0.25, -0.2) is 5.48 Å². The fourth-order valence-corrected chi connectivity index (χ4v) is 3.67. The zero-order valence-electron chi connectivity index (χ0n) is 18.0. The lowest BCUT2D eigenvalue weighted by Crippen LogP contribution is -2.51. The zero-order valence-corrected chi connectivity index (χ0v) is 18.9. The largest absolute Gasteiger partial charge is 0.391 e. The lowest BCUT2D eigenvalue weighted by Gasteiger charge is -2.19. The lowest BCUT2D eigenvalue weighted by molar-refractivity contribution is -0.133. The molecule has 8 heteroatoms. The van der Waals surface area contributed by atoms with Gasteiger partial charge < -0.3 is 15.7 Å². The number of benzene rings is 2. The number of carbonyl (C=O) groups excluding carboxylic acids is 2. The molecule has 2 amide bonds. The third-order valence-electron chi connectivity index (χ3n) is 4.82. The molecule has 0 saturated carbocycles. The Hall–Kier alpha value is -3.48. The van der Waals surface area contributed by atoms with Crippen molar-refractivity contribution in [2.24, 2.45) is 0 Å². The van der Waals surface area contributed by atoms with Crippen LogP contribution in [0.5, 0.6) is 0 Å². The second-order valence-corrected chi connectivity index (χ2v) is 8.41. The van der Waals surface area contributed by atoms with Crippen molar-refractivity contribution in [3.63, 3.8) is 0 Å². The number of amides is 2. The van der Waals surface area contributed by atoms with Crippen molar-refractivity contribution >= 4 is 23.2 Å². The normalized spacial score (nSPS) is 12.2. The predicted molar refractivity (Wildman–Crippen MR) is 127 cm³/mol. The van der Waals surface area contributed by atoms with E-state index in [1.54, 1.807) is 35.6 Å². The van der Waals surface area contributed by atoms with Gasteiger partial charge in [-0.15, -0.1) is 11.3 Å². The Kier molecular flexibility index (Phi) is 8.75. The topological polar surface area (TPSA) is 111 Å². The molecule has 0 spiro atoms. The van der Waals surface area contributed by atoms with Gasteiger partial charge in [-0.3, -0.25) is 14.8 Å². The Labute approximate surface area is 196 Å². The molecule has 0 unspecified atom stereocenters. The molecular formula is C25H25N3O4S. The Morgan fingerprint density at radius 1 is 0.970 bits per heavy atom. The molecule has 7 nitrogen and oxygen atoms in total. The number of thiophene rings is 1. The van der Waals surface area contributed by atoms with Crippen LogP contribution in [0, 0.1) is 11.8 Å². The molecule has 0 bridgehead atoms. The zero-order chi connectivity index (χ0) is 23.6. The third-order valence-corrected chi connectivity index (χ3v) is 5.70. The summed E-state index contributed by atoms with van der Waals surface area (Å²) in [6, 6.07) is 17.5. The van der Waals surface area contributed by atoms with Crippen molar-refractivity contribution in [3.8, 4) is 11.8 Å². The van der Waals surface area contributed by atoms with E-state index >= 15 is 0 Å². The molecule has 0 saturated heterocycles. The van der Waals surface area contributed by atoms with Crippen LogP contribution in [-0.2, 0) is 17.9 Å². The summed E-state index contributed by atoms with van der Waals surface area (Å²) in [4.78, 5) is 25.2. The second kappa shape index (κ2) is 11.9. The minimum absolute atomic E-state index is 0.302. The fourth-order valence-electron chi connectivity index (χ4n) is 3.00. The van der Waals surface area contributed by atoms with Gasteiger partial charge in [0.2, 0.25) is 0 Å². The summed E-state index contributed by atoms with van der Waals surface area (Å²) < 4.78 is 0. The SMILES string of the molecule is C[C@@H](O)[C@H](NC(=O)c1ccc(C#Cc2ccc(CNCc3cccs3)cc2)cc1)C(=O)NO. The van der Waals surface area contributed by atoms with Gasteiger partial charge >= 0.3 is 0 Å². The van der Waals surface area contributed by atoms with Gasteiger partial charge in [-0.05, 0) is 60.3 Å². The standard InChI is InChI=1S/C25H25N3O4S/c1-17(29)23(25(31)28-32)27-24(30)21-12-10-19(11-13-21)5-4-18-6-8-20(9-7-18)15-26-16-22-3-2-14-33-22/h2-3,6-14,17,23,26,29,32H,15-16H2,1H3,(H,27,30)(H,28,31)/t17-,23+/m1/s1. The first-order valence-corrected chi connectivity index (χ1v) is 11.2. The van der Waals surface area contributed by atoms with Crippen LogP contribution < -0.4 is 16.1 Å². The number of hydroxylamine groups is 1. The summed E-state index contributed by atoms with van der Waals surface area (Å²) in [6.07, 6.45) is -1.17. The molecule has 2 atom stereocenters. The number of carbonyl (C=O) groups is 2. The van der Waals surface area contributed by atoms with E-state index in [0.29, 0.717) is 5.56 Å². The molecule has 33 heavy (non-hydrogen) atoms. The number of aliphatic hydroxyl groups excluding tert-OH is 1. The molecule has 3 rings (SSSR count). The molecule has 0 aliphatic carbocycles. The summed E-state index contributed by atoms with van der Waals surface area (Å²) in [6.45, 7) is 2.97. The van der Waals surface area contributed by atoms with Crippen LogP contribution in [0.25, 0.3) is 0 Å². The van der Waals surface area contributed by atoms with Crippen LogP contribution in [0.1, 0.15) is 38.8 Å². The number of hydrogen-bond donors (Lipinski definition) is 5. The number of rotatable bonds is 8. The first-order chi connectivity index (χ1) is 16.0. The quantitative estimate of drug-likeness (QED) is 0.200. The van der Waals surface area contributed by atoms with Gasteiger partial charge in [0.1, 0.15) is 6.04 Å². The van der Waals surface area contributed by atoms with E-state index in [-0.39, 0.29) is 0 Å². The summed E-state index contributed by atoms with van der Waals surface area (Å²) in [5, 5.41) is 26.2. The van der Waals surface area contributed by atoms with Gasteiger partial charge in [0.25, 0.3) is 11.8 Å². The maximum atomic E-state index is 12.3. The number of nitrogens with one attached hydrogen (secondary N) is 3. The van der Waals surface area contributed by atoms with Crippen LogP contribution in [-0.4, -0.2) is 34.3 Å². The van der Waals surface area contributed by atoms with Gasteiger partial charge in [0.15, 0.2) is 0 Å². The van der Waals surface area contributed by atoms with E-state index in [0.717, 1.165) is 24.2 Å². The van der Waals surface area contributed by atoms with Gasteiger partial charge in [-0.1, -0.05) is 30.0 Å². The second-order valence-electron chi connectivity index (χ2n) is 7.37. The number of hydrogen-bond acceptors (Lipinski definition) is 6. The van der Waals surface area contributed by atoms with Crippen molar-refractivity contribution in [2.45, 2.75) is 32.2 Å². The van der Waals surface area contributed by atoms with Crippen molar-refractivity contribution in [1.29, 1.82) is 0 Å². The third kappa shape index (κ3) is 7.27. The first kappa shape index (κ1) is 24.2. The minimum Gasteiger partial charge on any atom is -0.391 e. The molecule has 0 fully saturated rings. The maximum absolute atomic E-state index is 12.3. The molecule has 170 valence electrons. The molecule has 0 radical (unpaired) electrons. The van der Waals surface area contributed by atoms with E-state index in [9.17, 15) is 14.7 Å². The van der Waals surface area contributed by atoms with Crippen LogP contribution in [0.15, 0.2) is 66.0 Å². The highest BCUT2D eigenvalue weighted by Crippen LogP contribution is 2.09. The lowest BCUT2D eigenvalue weighted by atomic mass is 10.1. The highest BCUT2D eigenvalue weighted by molar-refractivity contribution is 7.09. The van der Waals surface area contributed by atoms with Gasteiger partial charge in [-0.2, -0.15) is 0 Å². The Morgan fingerprint density at radius 3 is 2.15 bits per heavy atom. The van der Waals surface area contributed by atoms with Crippen LogP contribution in [0.4, 0.5) is 0 Å². The summed E-state index contributed by atoms with van der Waals surface area (Å²) in [5.74, 6) is 4.72. The Morgan fingerprint density at radius 2 is 1.61 bits per heavy atom. The molecule has 5 N–H and O–H groups in total. The van der Waals surface area contributed by atoms with E-state index in [1.807, 2.05) is 30.3 Å². The van der Waals surface area contributed by atoms with Crippen molar-refractivity contribution in [3.05, 3.63) is 93.2 Å². The van der Waals surface area contributed by atoms with E-state index in [1.165, 1.54) is 22.8 Å². The summed E-state index contributed by atoms with van der Waals surface area (Å²) in [7, 11) is 0. The minimum atomic E-state index is -1.27. The number of aliphatic hydroxyl groups is 1. The average Bonchev–Trinajstić information content (AvgIpc) is 3.35. The fraction of sp³-hybridized carbons (Fsp3) is 0.200. The smallest absolute Gasteiger partial charge is 0.268 e. The van der Waals surface area contributed by atoms with Gasteiger partial charge in [0, 0.05) is 34.7 Å². The van der Waals surface area contributed by atoms with E-state index in [2.05, 4.69) is 33.9 Å². The van der Waals surface area contributed by atoms with E-state index < -0.39 is 24.0 Å². The highest BCUT2D eigenvalue weighted by Gasteiger charge is 2.25. The van der Waals surface area contributed by atoms with Crippen molar-refractivity contribution in [1.82, 2.24) is 16.1 Å². The van der Waals surface area contributed by atoms with Crippen molar-refractivity contribution in [2.75, 3.05) is 0 Å². The molecule has 1 aromatic heterocycles. The molecule has 0 aliphatic rings. The predicted octanol–water partition coefficient (Wildman–Crippen LogP) is 2.42. The van der Waals surface area contributed by atoms with Crippen LogP contribution in [0.2, 0.25) is 0 Å². The molecular weight excluding hydrogens is 438 g/mol. The molecule has 3 aromatic rings. The van der Waals surface area contributed by atoms with Crippen LogP contribution >= 0.6 is 11.3 Å². The Balaban J connectivity index is 1.55. The van der Waals surface area contributed by atoms with Crippen molar-refractivity contribution < 1.29 is 19.9 Å². The molecule has 0 aliphatic heterocycles. The van der Waals surface area contributed by atoms with Gasteiger partial charge in [0.05, 0.1) is 6.10 Å². The summed E-state index contributed by atoms with van der Waals surface area (Å²) >= 11 is 1.73. The van der Waals surface area contributed by atoms with E-state index in [4.69, 9.17) is 5.21 Å². The first-order valence-electron chi connectivity index (χ1n) is 10.3. The highest BCUT2D eigenvalue weighted by atomic mass is 32.1. The molecule has 2 aromatic carbocycles. The maximum Gasteiger partial charge on any atom is 0.268 e. The molecule has 1 heterocycles. The average molecular weight is 464 g/mol. The monoisotopic (exact) mass is 463 g/mol. The summed E-state index contributed by atoms with van der Waals surface area (Å²) in [5.41, 5.74) is 4.52. The van der Waals surface area contributed by atoms with Crippen LogP contribution in [0.3, 0.4) is 0 Å². The Bertz CT molecular complexity index is 1120.